The van der Waals surface area contributed by atoms with Gasteiger partial charge in [0.15, 0.2) is 0 Å². The summed E-state index contributed by atoms with van der Waals surface area (Å²) in [4.78, 5) is 13.0. The van der Waals surface area contributed by atoms with Gasteiger partial charge in [0.25, 0.3) is 0 Å². The minimum atomic E-state index is -0.0642. The Hall–Kier alpha value is -0.870. The molecule has 88 valence electrons. The van der Waals surface area contributed by atoms with Gasteiger partial charge in [0.05, 0.1) is 6.61 Å². The van der Waals surface area contributed by atoms with Crippen LogP contribution < -0.4 is 5.32 Å². The van der Waals surface area contributed by atoms with Gasteiger partial charge >= 0.3 is 0 Å². The van der Waals surface area contributed by atoms with Crippen LogP contribution in [0, 0.1) is 0 Å². The standard InChI is InChI=1S/C11H22N2O2/c1-4-9-15-10-8-13(3)7-5-6-11(14)12-2/h5-6H,4,7-10H2,1-3H3,(H,12,14)/b6-5+. The molecule has 0 unspecified atom stereocenters. The molecule has 0 atom stereocenters. The molecule has 0 aromatic carbocycles. The van der Waals surface area contributed by atoms with Crippen LogP contribution in [0.1, 0.15) is 13.3 Å². The van der Waals surface area contributed by atoms with Gasteiger partial charge in [-0.1, -0.05) is 13.0 Å². The summed E-state index contributed by atoms with van der Waals surface area (Å²) >= 11 is 0. The van der Waals surface area contributed by atoms with E-state index < -0.39 is 0 Å². The fourth-order valence-electron chi connectivity index (χ4n) is 0.981. The maximum atomic E-state index is 10.9. The summed E-state index contributed by atoms with van der Waals surface area (Å²) in [7, 11) is 3.62. The van der Waals surface area contributed by atoms with Gasteiger partial charge in [-0.2, -0.15) is 0 Å². The van der Waals surface area contributed by atoms with Crippen LogP contribution in [0.25, 0.3) is 0 Å². The van der Waals surface area contributed by atoms with Crippen molar-refractivity contribution in [3.05, 3.63) is 12.2 Å². The Morgan fingerprint density at radius 2 is 2.20 bits per heavy atom. The molecule has 15 heavy (non-hydrogen) atoms. The second-order valence-electron chi connectivity index (χ2n) is 3.39. The third-order valence-corrected chi connectivity index (χ3v) is 1.90. The average Bonchev–Trinajstić information content (AvgIpc) is 2.24. The second-order valence-corrected chi connectivity index (χ2v) is 3.39. The SMILES string of the molecule is CCCOCCN(C)C/C=C/C(=O)NC. The molecule has 0 saturated heterocycles. The molecule has 1 N–H and O–H groups in total. The van der Waals surface area contributed by atoms with E-state index in [1.54, 1.807) is 13.1 Å². The molecule has 4 nitrogen and oxygen atoms in total. The van der Waals surface area contributed by atoms with Gasteiger partial charge in [-0.05, 0) is 13.5 Å². The molecule has 0 radical (unpaired) electrons. The smallest absolute Gasteiger partial charge is 0.243 e. The quantitative estimate of drug-likeness (QED) is 0.476. The summed E-state index contributed by atoms with van der Waals surface area (Å²) in [5.41, 5.74) is 0. The van der Waals surface area contributed by atoms with E-state index >= 15 is 0 Å². The van der Waals surface area contributed by atoms with Crippen molar-refractivity contribution in [1.82, 2.24) is 10.2 Å². The Balaban J connectivity index is 3.44. The highest BCUT2D eigenvalue weighted by molar-refractivity contribution is 5.87. The van der Waals surface area contributed by atoms with Crippen molar-refractivity contribution in [1.29, 1.82) is 0 Å². The molecule has 0 aliphatic carbocycles. The fourth-order valence-corrected chi connectivity index (χ4v) is 0.981. The van der Waals surface area contributed by atoms with E-state index in [-0.39, 0.29) is 5.91 Å². The summed E-state index contributed by atoms with van der Waals surface area (Å²) < 4.78 is 5.36. The number of carbonyl (C=O) groups excluding carboxylic acids is 1. The number of hydrogen-bond acceptors (Lipinski definition) is 3. The van der Waals surface area contributed by atoms with Crippen molar-refractivity contribution in [2.75, 3.05) is 40.4 Å². The number of ether oxygens (including phenoxy) is 1. The third kappa shape index (κ3) is 9.43. The van der Waals surface area contributed by atoms with Crippen LogP contribution in [0.3, 0.4) is 0 Å². The Morgan fingerprint density at radius 3 is 2.80 bits per heavy atom. The summed E-state index contributed by atoms with van der Waals surface area (Å²) in [5.74, 6) is -0.0642. The molecule has 0 aromatic rings. The Kier molecular flexibility index (Phi) is 9.11. The lowest BCUT2D eigenvalue weighted by molar-refractivity contribution is -0.116. The normalized spacial score (nSPS) is 11.2. The van der Waals surface area contributed by atoms with E-state index in [1.165, 1.54) is 0 Å². The van der Waals surface area contributed by atoms with Crippen LogP contribution in [-0.4, -0.2) is 51.2 Å². The lowest BCUT2D eigenvalue weighted by Crippen LogP contribution is -2.24. The molecule has 0 bridgehead atoms. The minimum absolute atomic E-state index is 0.0642. The Labute approximate surface area is 92.3 Å². The van der Waals surface area contributed by atoms with Crippen molar-refractivity contribution in [3.8, 4) is 0 Å². The van der Waals surface area contributed by atoms with Crippen molar-refractivity contribution in [3.63, 3.8) is 0 Å². The highest BCUT2D eigenvalue weighted by Gasteiger charge is 1.95. The molecule has 1 amide bonds. The molecule has 0 aliphatic rings. The van der Waals surface area contributed by atoms with Crippen LogP contribution in [-0.2, 0) is 9.53 Å². The molecule has 0 aromatic heterocycles. The number of amides is 1. The van der Waals surface area contributed by atoms with E-state index in [0.717, 1.165) is 32.7 Å². The van der Waals surface area contributed by atoms with Gasteiger partial charge in [0, 0.05) is 32.8 Å². The molecule has 0 saturated carbocycles. The van der Waals surface area contributed by atoms with E-state index in [0.29, 0.717) is 0 Å². The fraction of sp³-hybridized carbons (Fsp3) is 0.727. The predicted molar refractivity (Wildman–Crippen MR) is 61.8 cm³/mol. The number of nitrogens with one attached hydrogen (secondary N) is 1. The van der Waals surface area contributed by atoms with E-state index in [9.17, 15) is 4.79 Å². The zero-order chi connectivity index (χ0) is 11.5. The lowest BCUT2D eigenvalue weighted by Gasteiger charge is -2.13. The van der Waals surface area contributed by atoms with Crippen molar-refractivity contribution in [2.45, 2.75) is 13.3 Å². The zero-order valence-electron chi connectivity index (χ0n) is 9.95. The predicted octanol–water partition coefficient (Wildman–Crippen LogP) is 0.647. The monoisotopic (exact) mass is 214 g/mol. The molecule has 4 heteroatoms. The molecule has 0 fully saturated rings. The molecule has 0 aliphatic heterocycles. The molecule has 0 heterocycles. The van der Waals surface area contributed by atoms with Crippen molar-refractivity contribution in [2.24, 2.45) is 0 Å². The highest BCUT2D eigenvalue weighted by atomic mass is 16.5. The second kappa shape index (κ2) is 9.68. The largest absolute Gasteiger partial charge is 0.380 e. The van der Waals surface area contributed by atoms with Crippen LogP contribution in [0.15, 0.2) is 12.2 Å². The minimum Gasteiger partial charge on any atom is -0.380 e. The van der Waals surface area contributed by atoms with Crippen molar-refractivity contribution >= 4 is 5.91 Å². The first-order valence-electron chi connectivity index (χ1n) is 5.35. The van der Waals surface area contributed by atoms with Gasteiger partial charge in [0.1, 0.15) is 0 Å². The van der Waals surface area contributed by atoms with Crippen LogP contribution in [0.5, 0.6) is 0 Å². The topological polar surface area (TPSA) is 41.6 Å². The van der Waals surface area contributed by atoms with Crippen LogP contribution in [0.4, 0.5) is 0 Å². The Bertz CT molecular complexity index is 193. The van der Waals surface area contributed by atoms with Gasteiger partial charge in [-0.25, -0.2) is 0 Å². The van der Waals surface area contributed by atoms with Crippen LogP contribution >= 0.6 is 0 Å². The lowest BCUT2D eigenvalue weighted by atomic mass is 10.4. The average molecular weight is 214 g/mol. The van der Waals surface area contributed by atoms with Gasteiger partial charge in [-0.15, -0.1) is 0 Å². The molecular weight excluding hydrogens is 192 g/mol. The molecule has 0 rings (SSSR count). The molecule has 0 spiro atoms. The summed E-state index contributed by atoms with van der Waals surface area (Å²) in [5, 5.41) is 2.53. The first-order valence-corrected chi connectivity index (χ1v) is 5.35. The first-order chi connectivity index (χ1) is 7.20. The van der Waals surface area contributed by atoms with Crippen molar-refractivity contribution < 1.29 is 9.53 Å². The number of carbonyl (C=O) groups is 1. The van der Waals surface area contributed by atoms with Gasteiger partial charge < -0.3 is 15.0 Å². The van der Waals surface area contributed by atoms with E-state index in [1.807, 2.05) is 13.1 Å². The van der Waals surface area contributed by atoms with E-state index in [4.69, 9.17) is 4.74 Å². The number of rotatable bonds is 8. The van der Waals surface area contributed by atoms with E-state index in [2.05, 4.69) is 17.1 Å². The molecular formula is C11H22N2O2. The Morgan fingerprint density at radius 1 is 1.47 bits per heavy atom. The first kappa shape index (κ1) is 14.1. The third-order valence-electron chi connectivity index (χ3n) is 1.90. The number of nitrogens with zero attached hydrogens (tertiary/aromatic N) is 1. The maximum Gasteiger partial charge on any atom is 0.243 e. The zero-order valence-corrected chi connectivity index (χ0v) is 9.95. The summed E-state index contributed by atoms with van der Waals surface area (Å²) in [6.45, 7) is 5.32. The summed E-state index contributed by atoms with van der Waals surface area (Å²) in [6.07, 6.45) is 4.45. The van der Waals surface area contributed by atoms with Gasteiger partial charge in [0.2, 0.25) is 5.91 Å². The summed E-state index contributed by atoms with van der Waals surface area (Å²) in [6, 6.07) is 0. The number of likely N-dealkylation sites (N-methyl/N-ethyl adjacent to an activating group) is 2. The highest BCUT2D eigenvalue weighted by Crippen LogP contribution is 1.86. The van der Waals surface area contributed by atoms with Gasteiger partial charge in [-0.3, -0.25) is 4.79 Å². The number of hydrogen-bond donors (Lipinski definition) is 1. The van der Waals surface area contributed by atoms with Crippen LogP contribution in [0.2, 0.25) is 0 Å². The maximum absolute atomic E-state index is 10.9.